The van der Waals surface area contributed by atoms with Crippen LogP contribution in [0.2, 0.25) is 0 Å². The summed E-state index contributed by atoms with van der Waals surface area (Å²) in [6.07, 6.45) is 6.42. The largest absolute Gasteiger partial charge is 0.264 e. The second-order valence-electron chi connectivity index (χ2n) is 4.94. The van der Waals surface area contributed by atoms with Crippen LogP contribution in [0, 0.1) is 6.92 Å². The topological polar surface area (TPSA) is 25.8 Å². The van der Waals surface area contributed by atoms with Gasteiger partial charge in [-0.3, -0.25) is 9.97 Å². The average molecular weight is 260 g/mol. The van der Waals surface area contributed by atoms with Crippen LogP contribution in [0.15, 0.2) is 67.1 Å². The van der Waals surface area contributed by atoms with Gasteiger partial charge in [-0.15, -0.1) is 0 Å². The maximum absolute atomic E-state index is 4.55. The molecule has 0 N–H and O–H groups in total. The number of benzene rings is 1. The SMILES string of the molecule is Cc1ccc(Cc2ccc(-c3cccnc3)cn2)cc1. The fraction of sp³-hybridized carbons (Fsp3) is 0.111. The molecule has 0 unspecified atom stereocenters. The molecule has 0 radical (unpaired) electrons. The van der Waals surface area contributed by atoms with E-state index in [2.05, 4.69) is 53.3 Å². The van der Waals surface area contributed by atoms with E-state index in [1.807, 2.05) is 24.5 Å². The van der Waals surface area contributed by atoms with Gasteiger partial charge in [-0.1, -0.05) is 42.0 Å². The van der Waals surface area contributed by atoms with Gasteiger partial charge in [0.2, 0.25) is 0 Å². The van der Waals surface area contributed by atoms with E-state index in [0.29, 0.717) is 0 Å². The van der Waals surface area contributed by atoms with Crippen LogP contribution < -0.4 is 0 Å². The Labute approximate surface area is 119 Å². The van der Waals surface area contributed by atoms with Gasteiger partial charge in [0.1, 0.15) is 0 Å². The maximum atomic E-state index is 4.55. The van der Waals surface area contributed by atoms with Crippen molar-refractivity contribution in [3.8, 4) is 11.1 Å². The number of aryl methyl sites for hydroxylation is 1. The fourth-order valence-corrected chi connectivity index (χ4v) is 2.15. The highest BCUT2D eigenvalue weighted by molar-refractivity contribution is 5.61. The zero-order chi connectivity index (χ0) is 13.8. The Hall–Kier alpha value is -2.48. The highest BCUT2D eigenvalue weighted by Crippen LogP contribution is 2.17. The molecule has 0 aliphatic heterocycles. The molecule has 0 saturated heterocycles. The molecular weight excluding hydrogens is 244 g/mol. The quantitative estimate of drug-likeness (QED) is 0.710. The summed E-state index contributed by atoms with van der Waals surface area (Å²) in [5.74, 6) is 0. The second kappa shape index (κ2) is 5.66. The summed E-state index contributed by atoms with van der Waals surface area (Å²) in [7, 11) is 0. The second-order valence-corrected chi connectivity index (χ2v) is 4.94. The van der Waals surface area contributed by atoms with Crippen molar-refractivity contribution in [2.75, 3.05) is 0 Å². The lowest BCUT2D eigenvalue weighted by atomic mass is 10.1. The molecule has 3 rings (SSSR count). The van der Waals surface area contributed by atoms with Crippen molar-refractivity contribution >= 4 is 0 Å². The van der Waals surface area contributed by atoms with E-state index in [1.165, 1.54) is 11.1 Å². The minimum absolute atomic E-state index is 0.869. The third kappa shape index (κ3) is 2.91. The molecule has 0 atom stereocenters. The van der Waals surface area contributed by atoms with Crippen LogP contribution in [0.4, 0.5) is 0 Å². The zero-order valence-electron chi connectivity index (χ0n) is 11.5. The summed E-state index contributed by atoms with van der Waals surface area (Å²) >= 11 is 0. The van der Waals surface area contributed by atoms with Crippen molar-refractivity contribution in [2.45, 2.75) is 13.3 Å². The fourth-order valence-electron chi connectivity index (χ4n) is 2.15. The Kier molecular flexibility index (Phi) is 3.55. The number of hydrogen-bond acceptors (Lipinski definition) is 2. The summed E-state index contributed by atoms with van der Waals surface area (Å²) in [4.78, 5) is 8.68. The minimum atomic E-state index is 0.869. The van der Waals surface area contributed by atoms with Gasteiger partial charge in [-0.2, -0.15) is 0 Å². The third-order valence-corrected chi connectivity index (χ3v) is 3.33. The van der Waals surface area contributed by atoms with E-state index in [-0.39, 0.29) is 0 Å². The Bertz CT molecular complexity index is 671. The first-order valence-electron chi connectivity index (χ1n) is 6.72. The van der Waals surface area contributed by atoms with Crippen LogP contribution >= 0.6 is 0 Å². The summed E-state index contributed by atoms with van der Waals surface area (Å²) in [5.41, 5.74) is 5.86. The van der Waals surface area contributed by atoms with Gasteiger partial charge in [0.15, 0.2) is 0 Å². The molecule has 2 heterocycles. The van der Waals surface area contributed by atoms with Gasteiger partial charge in [-0.05, 0) is 24.6 Å². The lowest BCUT2D eigenvalue weighted by Gasteiger charge is -2.04. The highest BCUT2D eigenvalue weighted by atomic mass is 14.7. The van der Waals surface area contributed by atoms with Crippen molar-refractivity contribution in [3.63, 3.8) is 0 Å². The van der Waals surface area contributed by atoms with Gasteiger partial charge in [0.25, 0.3) is 0 Å². The monoisotopic (exact) mass is 260 g/mol. The molecule has 0 aliphatic rings. The molecule has 0 saturated carbocycles. The van der Waals surface area contributed by atoms with Crippen LogP contribution in [-0.4, -0.2) is 9.97 Å². The van der Waals surface area contributed by atoms with E-state index in [1.54, 1.807) is 6.20 Å². The lowest BCUT2D eigenvalue weighted by Crippen LogP contribution is -1.92. The molecule has 2 heteroatoms. The summed E-state index contributed by atoms with van der Waals surface area (Å²) in [6, 6.07) is 16.8. The summed E-state index contributed by atoms with van der Waals surface area (Å²) in [5, 5.41) is 0. The number of pyridine rings is 2. The number of rotatable bonds is 3. The van der Waals surface area contributed by atoms with Crippen LogP contribution in [-0.2, 0) is 6.42 Å². The van der Waals surface area contributed by atoms with E-state index < -0.39 is 0 Å². The van der Waals surface area contributed by atoms with E-state index in [9.17, 15) is 0 Å². The van der Waals surface area contributed by atoms with Gasteiger partial charge in [0, 0.05) is 41.8 Å². The van der Waals surface area contributed by atoms with Crippen molar-refractivity contribution in [1.29, 1.82) is 0 Å². The van der Waals surface area contributed by atoms with Gasteiger partial charge in [0.05, 0.1) is 0 Å². The van der Waals surface area contributed by atoms with E-state index >= 15 is 0 Å². The minimum Gasteiger partial charge on any atom is -0.264 e. The normalized spacial score (nSPS) is 10.4. The molecule has 3 aromatic rings. The Balaban J connectivity index is 1.78. The number of nitrogens with zero attached hydrogens (tertiary/aromatic N) is 2. The molecule has 1 aromatic carbocycles. The molecule has 2 nitrogen and oxygen atoms in total. The number of hydrogen-bond donors (Lipinski definition) is 0. The Morgan fingerprint density at radius 2 is 1.65 bits per heavy atom. The molecule has 0 bridgehead atoms. The summed E-state index contributed by atoms with van der Waals surface area (Å²) in [6.45, 7) is 2.10. The van der Waals surface area contributed by atoms with Crippen LogP contribution in [0.1, 0.15) is 16.8 Å². The molecule has 0 aliphatic carbocycles. The Morgan fingerprint density at radius 3 is 2.30 bits per heavy atom. The highest BCUT2D eigenvalue weighted by Gasteiger charge is 2.00. The smallest absolute Gasteiger partial charge is 0.0447 e. The molecule has 0 amide bonds. The average Bonchev–Trinajstić information content (AvgIpc) is 2.51. The molecule has 98 valence electrons. The van der Waals surface area contributed by atoms with Gasteiger partial charge >= 0.3 is 0 Å². The molecule has 20 heavy (non-hydrogen) atoms. The third-order valence-electron chi connectivity index (χ3n) is 3.33. The lowest BCUT2D eigenvalue weighted by molar-refractivity contribution is 1.07. The van der Waals surface area contributed by atoms with Crippen LogP contribution in [0.25, 0.3) is 11.1 Å². The van der Waals surface area contributed by atoms with Crippen molar-refractivity contribution in [1.82, 2.24) is 9.97 Å². The first-order chi connectivity index (χ1) is 9.81. The van der Waals surface area contributed by atoms with E-state index in [4.69, 9.17) is 0 Å². The number of aromatic nitrogens is 2. The molecule has 2 aromatic heterocycles. The Morgan fingerprint density at radius 1 is 0.850 bits per heavy atom. The van der Waals surface area contributed by atoms with Crippen molar-refractivity contribution < 1.29 is 0 Å². The standard InChI is InChI=1S/C18H16N2/c1-14-4-6-15(7-5-14)11-18-9-8-17(13-20-18)16-3-2-10-19-12-16/h2-10,12-13H,11H2,1H3. The van der Waals surface area contributed by atoms with Crippen molar-refractivity contribution in [3.05, 3.63) is 83.9 Å². The maximum Gasteiger partial charge on any atom is 0.0447 e. The first kappa shape index (κ1) is 12.5. The molecule has 0 fully saturated rings. The predicted octanol–water partition coefficient (Wildman–Crippen LogP) is 4.04. The molecule has 0 spiro atoms. The van der Waals surface area contributed by atoms with Crippen LogP contribution in [0.3, 0.4) is 0 Å². The zero-order valence-corrected chi connectivity index (χ0v) is 11.5. The van der Waals surface area contributed by atoms with Crippen LogP contribution in [0.5, 0.6) is 0 Å². The van der Waals surface area contributed by atoms with E-state index in [0.717, 1.165) is 23.2 Å². The van der Waals surface area contributed by atoms with Gasteiger partial charge < -0.3 is 0 Å². The first-order valence-corrected chi connectivity index (χ1v) is 6.72. The predicted molar refractivity (Wildman–Crippen MR) is 81.5 cm³/mol. The summed E-state index contributed by atoms with van der Waals surface area (Å²) < 4.78 is 0. The van der Waals surface area contributed by atoms with Crippen molar-refractivity contribution in [2.24, 2.45) is 0 Å². The molecular formula is C18H16N2. The van der Waals surface area contributed by atoms with Gasteiger partial charge in [-0.25, -0.2) is 0 Å².